The van der Waals surface area contributed by atoms with Gasteiger partial charge in [0.15, 0.2) is 11.5 Å². The predicted molar refractivity (Wildman–Crippen MR) is 131 cm³/mol. The van der Waals surface area contributed by atoms with Gasteiger partial charge in [-0.1, -0.05) is 29.3 Å². The summed E-state index contributed by atoms with van der Waals surface area (Å²) < 4.78 is 22.3. The Morgan fingerprint density at radius 3 is 2.37 bits per heavy atom. The van der Waals surface area contributed by atoms with Crippen LogP contribution in [0.2, 0.25) is 10.0 Å². The van der Waals surface area contributed by atoms with Crippen molar-refractivity contribution in [3.05, 3.63) is 51.0 Å². The van der Waals surface area contributed by atoms with E-state index in [2.05, 4.69) is 0 Å². The van der Waals surface area contributed by atoms with Crippen LogP contribution in [0.3, 0.4) is 0 Å². The highest BCUT2D eigenvalue weighted by Crippen LogP contribution is 2.48. The molecule has 0 N–H and O–H groups in total. The highest BCUT2D eigenvalue weighted by molar-refractivity contribution is 6.43. The van der Waals surface area contributed by atoms with Crippen LogP contribution in [-0.4, -0.2) is 63.1 Å². The van der Waals surface area contributed by atoms with Crippen molar-refractivity contribution >= 4 is 40.9 Å². The smallest absolute Gasteiger partial charge is 0.345 e. The van der Waals surface area contributed by atoms with Crippen molar-refractivity contribution in [1.29, 1.82) is 0 Å². The Labute approximate surface area is 214 Å². The van der Waals surface area contributed by atoms with Gasteiger partial charge in [0.25, 0.3) is 0 Å². The molecule has 0 saturated carbocycles. The van der Waals surface area contributed by atoms with Crippen molar-refractivity contribution in [2.24, 2.45) is 0 Å². The van der Waals surface area contributed by atoms with E-state index >= 15 is 0 Å². The van der Waals surface area contributed by atoms with Crippen molar-refractivity contribution in [1.82, 2.24) is 4.90 Å². The molecule has 2 aromatic carbocycles. The predicted octanol–water partition coefficient (Wildman–Crippen LogP) is 4.78. The average molecular weight is 524 g/mol. The van der Waals surface area contributed by atoms with Gasteiger partial charge < -0.3 is 18.9 Å². The molecular formula is C25H27Cl2NO7. The molecule has 0 aromatic heterocycles. The molecule has 8 nitrogen and oxygen atoms in total. The molecular weight excluding hydrogens is 497 g/mol. The summed E-state index contributed by atoms with van der Waals surface area (Å²) in [6, 6.07) is 5.96. The van der Waals surface area contributed by atoms with Crippen LogP contribution in [0.25, 0.3) is 0 Å². The third-order valence-corrected chi connectivity index (χ3v) is 6.87. The molecule has 2 aromatic rings. The van der Waals surface area contributed by atoms with Crippen molar-refractivity contribution < 1.29 is 33.3 Å². The quantitative estimate of drug-likeness (QED) is 0.277. The maximum absolute atomic E-state index is 13.3. The molecule has 10 heteroatoms. The fourth-order valence-electron chi connectivity index (χ4n) is 4.35. The second-order valence-corrected chi connectivity index (χ2v) is 8.98. The summed E-state index contributed by atoms with van der Waals surface area (Å²) in [4.78, 5) is 39.6. The van der Waals surface area contributed by atoms with E-state index in [1.54, 1.807) is 18.2 Å². The van der Waals surface area contributed by atoms with Gasteiger partial charge in [0.2, 0.25) is 0 Å². The number of hydrogen-bond donors (Lipinski definition) is 0. The highest BCUT2D eigenvalue weighted by Gasteiger charge is 2.40. The number of benzene rings is 2. The second-order valence-electron chi connectivity index (χ2n) is 8.19. The summed E-state index contributed by atoms with van der Waals surface area (Å²) in [5, 5.41) is 0.225. The molecule has 0 spiro atoms. The number of hydrogen-bond acceptors (Lipinski definition) is 8. The van der Waals surface area contributed by atoms with Crippen LogP contribution < -0.4 is 14.2 Å². The molecule has 3 rings (SSSR count). The van der Waals surface area contributed by atoms with Crippen molar-refractivity contribution in [2.45, 2.75) is 32.2 Å². The lowest BCUT2D eigenvalue weighted by Crippen LogP contribution is -2.34. The number of esters is 2. The van der Waals surface area contributed by atoms with Gasteiger partial charge in [-0.25, -0.2) is 4.79 Å². The highest BCUT2D eigenvalue weighted by atomic mass is 35.5. The number of Topliss-reactive ketones (excluding diaryl/α,β-unsaturated/α-hetero) is 1. The van der Waals surface area contributed by atoms with Crippen LogP contribution in [0.5, 0.6) is 17.2 Å². The summed E-state index contributed by atoms with van der Waals surface area (Å²) in [7, 11) is 4.80. The van der Waals surface area contributed by atoms with Crippen LogP contribution in [0.4, 0.5) is 0 Å². The molecule has 0 bridgehead atoms. The third kappa shape index (κ3) is 5.55. The lowest BCUT2D eigenvalue weighted by atomic mass is 9.87. The van der Waals surface area contributed by atoms with E-state index in [0.29, 0.717) is 24.3 Å². The molecule has 0 unspecified atom stereocenters. The van der Waals surface area contributed by atoms with Crippen molar-refractivity contribution in [3.8, 4) is 17.2 Å². The zero-order valence-electron chi connectivity index (χ0n) is 20.1. The summed E-state index contributed by atoms with van der Waals surface area (Å²) in [5.41, 5.74) is 0.642. The fraction of sp³-hybridized carbons (Fsp3) is 0.400. The first-order valence-electron chi connectivity index (χ1n) is 10.9. The first-order chi connectivity index (χ1) is 16.6. The van der Waals surface area contributed by atoms with E-state index in [1.165, 1.54) is 34.1 Å². The number of ketones is 1. The van der Waals surface area contributed by atoms with E-state index in [1.807, 2.05) is 11.9 Å². The number of halogens is 2. The molecule has 1 heterocycles. The third-order valence-electron chi connectivity index (χ3n) is 6.06. The summed E-state index contributed by atoms with van der Waals surface area (Å²) >= 11 is 12.3. The van der Waals surface area contributed by atoms with Gasteiger partial charge in [-0.15, -0.1) is 0 Å². The molecule has 0 aliphatic carbocycles. The molecule has 35 heavy (non-hydrogen) atoms. The second kappa shape index (κ2) is 11.3. The van der Waals surface area contributed by atoms with Crippen LogP contribution in [0, 0.1) is 0 Å². The van der Waals surface area contributed by atoms with Crippen LogP contribution in [-0.2, 0) is 9.53 Å². The van der Waals surface area contributed by atoms with Crippen LogP contribution in [0.1, 0.15) is 52.5 Å². The number of methoxy groups -OCH3 is 2. The van der Waals surface area contributed by atoms with Gasteiger partial charge in [-0.3, -0.25) is 14.5 Å². The molecule has 188 valence electrons. The lowest BCUT2D eigenvalue weighted by Gasteiger charge is -2.28. The van der Waals surface area contributed by atoms with E-state index in [4.69, 9.17) is 42.1 Å². The number of rotatable bonds is 8. The Hall–Kier alpha value is -2.81. The van der Waals surface area contributed by atoms with E-state index < -0.39 is 11.9 Å². The lowest BCUT2D eigenvalue weighted by molar-refractivity contribution is -0.142. The van der Waals surface area contributed by atoms with Gasteiger partial charge in [-0.2, -0.15) is 0 Å². The molecule has 0 amide bonds. The molecule has 1 fully saturated rings. The normalized spacial score (nSPS) is 17.7. The van der Waals surface area contributed by atoms with Gasteiger partial charge in [-0.05, 0) is 39.1 Å². The van der Waals surface area contributed by atoms with Crippen molar-refractivity contribution in [3.63, 3.8) is 0 Å². The summed E-state index contributed by atoms with van der Waals surface area (Å²) in [6.07, 6.45) is 0.644. The van der Waals surface area contributed by atoms with Crippen LogP contribution in [0.15, 0.2) is 24.3 Å². The number of carbonyl (C=O) groups is 3. The number of ether oxygens (including phenoxy) is 4. The first kappa shape index (κ1) is 26.8. The molecule has 1 saturated heterocycles. The average Bonchev–Trinajstić information content (AvgIpc) is 3.17. The fourth-order valence-corrected chi connectivity index (χ4v) is 4.73. The summed E-state index contributed by atoms with van der Waals surface area (Å²) in [6.45, 7) is 3.51. The van der Waals surface area contributed by atoms with Gasteiger partial charge >= 0.3 is 11.9 Å². The number of likely N-dealkylation sites (N-methyl/N-ethyl adjacent to an activating group) is 1. The van der Waals surface area contributed by atoms with Crippen molar-refractivity contribution in [2.75, 3.05) is 34.4 Å². The molecule has 1 aliphatic rings. The Bertz CT molecular complexity index is 1150. The standard InChI is InChI=1S/C25H27Cl2NO7/c1-13(29)21-19(32-4)11-20(33-5)22(15-9-10-28(3)18(15)12-34-14(2)30)24(21)35-25(31)16-7-6-8-17(26)23(16)27/h6-8,11,15,18H,9-10,12H2,1-5H3/t15-,18+/m0/s1. The minimum absolute atomic E-state index is 0.0165. The van der Waals surface area contributed by atoms with E-state index in [-0.39, 0.29) is 57.0 Å². The Morgan fingerprint density at radius 2 is 1.77 bits per heavy atom. The first-order valence-corrected chi connectivity index (χ1v) is 11.7. The number of nitrogens with zero attached hydrogens (tertiary/aromatic N) is 1. The largest absolute Gasteiger partial charge is 0.496 e. The van der Waals surface area contributed by atoms with E-state index in [0.717, 1.165) is 0 Å². The zero-order chi connectivity index (χ0) is 25.9. The van der Waals surface area contributed by atoms with E-state index in [9.17, 15) is 14.4 Å². The molecule has 0 radical (unpaired) electrons. The van der Waals surface area contributed by atoms with Gasteiger partial charge in [0.1, 0.15) is 23.7 Å². The topological polar surface area (TPSA) is 91.4 Å². The Balaban J connectivity index is 2.21. The number of likely N-dealkylation sites (tertiary alicyclic amines) is 1. The number of carbonyl (C=O) groups excluding carboxylic acids is 3. The van der Waals surface area contributed by atoms with Gasteiger partial charge in [0.05, 0.1) is 35.9 Å². The summed E-state index contributed by atoms with van der Waals surface area (Å²) in [5.74, 6) is -1.26. The monoisotopic (exact) mass is 523 g/mol. The molecule has 2 atom stereocenters. The zero-order valence-corrected chi connectivity index (χ0v) is 21.7. The van der Waals surface area contributed by atoms with Crippen LogP contribution >= 0.6 is 23.2 Å². The Morgan fingerprint density at radius 1 is 1.09 bits per heavy atom. The minimum atomic E-state index is -0.792. The SMILES string of the molecule is COc1cc(OC)c([C@H]2CCN(C)[C@@H]2COC(C)=O)c(OC(=O)c2cccc(Cl)c2Cl)c1C(C)=O. The Kier molecular flexibility index (Phi) is 8.64. The maximum atomic E-state index is 13.3. The van der Waals surface area contributed by atoms with Gasteiger partial charge in [0, 0.05) is 24.5 Å². The molecule has 1 aliphatic heterocycles. The minimum Gasteiger partial charge on any atom is -0.496 e. The maximum Gasteiger partial charge on any atom is 0.345 e.